The van der Waals surface area contributed by atoms with Gasteiger partial charge in [-0.15, -0.1) is 0 Å². The van der Waals surface area contributed by atoms with Crippen LogP contribution in [0.1, 0.15) is 46.4 Å². The molecule has 3 aromatic rings. The molecule has 0 aliphatic rings. The topological polar surface area (TPSA) is 32.9 Å². The third kappa shape index (κ3) is 3.45. The monoisotopic (exact) mass is 345 g/mol. The number of H-pyrrole nitrogens is 1. The molecular formula is C20H18F3NO. The predicted octanol–water partition coefficient (Wildman–Crippen LogP) is 5.87. The number of hydrogen-bond donors (Lipinski definition) is 1. The Bertz CT molecular complexity index is 907. The maximum atomic E-state index is 12.6. The first-order valence-electron chi connectivity index (χ1n) is 8.05. The van der Waals surface area contributed by atoms with E-state index in [2.05, 4.69) is 4.98 Å². The van der Waals surface area contributed by atoms with Crippen LogP contribution in [0.15, 0.2) is 48.5 Å². The second kappa shape index (κ2) is 6.39. The van der Waals surface area contributed by atoms with E-state index >= 15 is 0 Å². The summed E-state index contributed by atoms with van der Waals surface area (Å²) in [5.41, 5.74) is 2.66. The van der Waals surface area contributed by atoms with Gasteiger partial charge in [-0.3, -0.25) is 4.79 Å². The standard InChI is InChI=1S/C20H18F3NO/c1-12(19-13(2)24-17-6-4-3-5-16(17)19)11-18(25)14-7-9-15(10-8-14)20(21,22)23/h3-10,12,24H,11H2,1-2H3/t12-/m1/s1. The molecule has 1 heterocycles. The van der Waals surface area contributed by atoms with E-state index in [1.54, 1.807) is 0 Å². The highest BCUT2D eigenvalue weighted by Crippen LogP contribution is 2.32. The van der Waals surface area contributed by atoms with Crippen LogP contribution < -0.4 is 0 Å². The molecule has 3 rings (SSSR count). The SMILES string of the molecule is Cc1[nH]c2ccccc2c1[C@H](C)CC(=O)c1ccc(C(F)(F)F)cc1. The number of hydrogen-bond acceptors (Lipinski definition) is 1. The Balaban J connectivity index is 1.81. The van der Waals surface area contributed by atoms with Crippen LogP contribution in [0.4, 0.5) is 13.2 Å². The molecule has 0 spiro atoms. The van der Waals surface area contributed by atoms with Crippen molar-refractivity contribution in [3.8, 4) is 0 Å². The number of aromatic amines is 1. The van der Waals surface area contributed by atoms with Crippen LogP contribution in [-0.2, 0) is 6.18 Å². The number of aromatic nitrogens is 1. The van der Waals surface area contributed by atoms with E-state index in [4.69, 9.17) is 0 Å². The predicted molar refractivity (Wildman–Crippen MR) is 91.8 cm³/mol. The van der Waals surface area contributed by atoms with E-state index in [-0.39, 0.29) is 18.1 Å². The first-order chi connectivity index (χ1) is 11.8. The second-order valence-electron chi connectivity index (χ2n) is 6.31. The van der Waals surface area contributed by atoms with Gasteiger partial charge in [-0.05, 0) is 36.6 Å². The van der Waals surface area contributed by atoms with Crippen molar-refractivity contribution in [1.82, 2.24) is 4.98 Å². The minimum absolute atomic E-state index is 0.0362. The van der Waals surface area contributed by atoms with Gasteiger partial charge in [-0.2, -0.15) is 13.2 Å². The summed E-state index contributed by atoms with van der Waals surface area (Å²) in [6.07, 6.45) is -4.15. The summed E-state index contributed by atoms with van der Waals surface area (Å²) in [6.45, 7) is 3.93. The lowest BCUT2D eigenvalue weighted by atomic mass is 9.91. The highest BCUT2D eigenvalue weighted by molar-refractivity contribution is 5.97. The number of alkyl halides is 3. The molecule has 1 atom stereocenters. The molecule has 0 bridgehead atoms. The highest BCUT2D eigenvalue weighted by atomic mass is 19.4. The van der Waals surface area contributed by atoms with Crippen molar-refractivity contribution in [3.05, 3.63) is 70.9 Å². The van der Waals surface area contributed by atoms with Crippen LogP contribution in [0.5, 0.6) is 0 Å². The fraction of sp³-hybridized carbons (Fsp3) is 0.250. The molecule has 2 aromatic carbocycles. The largest absolute Gasteiger partial charge is 0.416 e. The molecular weight excluding hydrogens is 327 g/mol. The summed E-state index contributed by atoms with van der Waals surface area (Å²) in [4.78, 5) is 15.8. The molecule has 0 unspecified atom stereocenters. The van der Waals surface area contributed by atoms with Crippen molar-refractivity contribution in [2.75, 3.05) is 0 Å². The van der Waals surface area contributed by atoms with Gasteiger partial charge in [0.2, 0.25) is 0 Å². The van der Waals surface area contributed by atoms with Crippen molar-refractivity contribution in [1.29, 1.82) is 0 Å². The molecule has 0 saturated heterocycles. The molecule has 0 aliphatic carbocycles. The maximum absolute atomic E-state index is 12.6. The smallest absolute Gasteiger partial charge is 0.358 e. The van der Waals surface area contributed by atoms with Gasteiger partial charge >= 0.3 is 6.18 Å². The normalized spacial score (nSPS) is 13.2. The third-order valence-corrected chi connectivity index (χ3v) is 4.46. The number of benzene rings is 2. The van der Waals surface area contributed by atoms with Gasteiger partial charge in [-0.25, -0.2) is 0 Å². The van der Waals surface area contributed by atoms with Crippen LogP contribution in [0.2, 0.25) is 0 Å². The number of halogens is 3. The van der Waals surface area contributed by atoms with Crippen molar-refractivity contribution >= 4 is 16.7 Å². The molecule has 0 radical (unpaired) electrons. The minimum atomic E-state index is -4.39. The van der Waals surface area contributed by atoms with Gasteiger partial charge in [-0.1, -0.05) is 37.3 Å². The van der Waals surface area contributed by atoms with E-state index in [0.29, 0.717) is 5.56 Å². The molecule has 0 saturated carbocycles. The van der Waals surface area contributed by atoms with Crippen LogP contribution in [0.25, 0.3) is 10.9 Å². The lowest BCUT2D eigenvalue weighted by molar-refractivity contribution is -0.137. The van der Waals surface area contributed by atoms with Gasteiger partial charge < -0.3 is 4.98 Å². The number of para-hydroxylation sites is 1. The molecule has 0 fully saturated rings. The van der Waals surface area contributed by atoms with E-state index < -0.39 is 11.7 Å². The molecule has 2 nitrogen and oxygen atoms in total. The van der Waals surface area contributed by atoms with Crippen LogP contribution in [0.3, 0.4) is 0 Å². The van der Waals surface area contributed by atoms with Gasteiger partial charge in [0.1, 0.15) is 0 Å². The van der Waals surface area contributed by atoms with E-state index in [9.17, 15) is 18.0 Å². The summed E-state index contributed by atoms with van der Waals surface area (Å²) < 4.78 is 37.9. The molecule has 0 aliphatic heterocycles. The van der Waals surface area contributed by atoms with E-state index in [1.807, 2.05) is 38.1 Å². The Morgan fingerprint density at radius 2 is 1.72 bits per heavy atom. The van der Waals surface area contributed by atoms with Gasteiger partial charge in [0.05, 0.1) is 5.56 Å². The molecule has 130 valence electrons. The molecule has 1 aromatic heterocycles. The third-order valence-electron chi connectivity index (χ3n) is 4.46. The van der Waals surface area contributed by atoms with Crippen molar-refractivity contribution in [2.24, 2.45) is 0 Å². The fourth-order valence-electron chi connectivity index (χ4n) is 3.28. The first kappa shape index (κ1) is 17.3. The second-order valence-corrected chi connectivity index (χ2v) is 6.31. The number of Topliss-reactive ketones (excluding diaryl/α,β-unsaturated/α-hetero) is 1. The van der Waals surface area contributed by atoms with Crippen LogP contribution >= 0.6 is 0 Å². The number of aryl methyl sites for hydroxylation is 1. The number of carbonyl (C=O) groups excluding carboxylic acids is 1. The van der Waals surface area contributed by atoms with Crippen molar-refractivity contribution < 1.29 is 18.0 Å². The Hall–Kier alpha value is -2.56. The number of fused-ring (bicyclic) bond motifs is 1. The number of rotatable bonds is 4. The van der Waals surface area contributed by atoms with Crippen molar-refractivity contribution in [2.45, 2.75) is 32.4 Å². The number of ketones is 1. The van der Waals surface area contributed by atoms with Gasteiger partial charge in [0.25, 0.3) is 0 Å². The average Bonchev–Trinajstić information content (AvgIpc) is 2.89. The summed E-state index contributed by atoms with van der Waals surface area (Å²) in [7, 11) is 0. The number of carbonyl (C=O) groups is 1. The first-order valence-corrected chi connectivity index (χ1v) is 8.05. The fourth-order valence-corrected chi connectivity index (χ4v) is 3.28. The van der Waals surface area contributed by atoms with Gasteiger partial charge in [0, 0.05) is 28.6 Å². The van der Waals surface area contributed by atoms with E-state index in [0.717, 1.165) is 34.3 Å². The lowest BCUT2D eigenvalue weighted by Crippen LogP contribution is -2.08. The highest BCUT2D eigenvalue weighted by Gasteiger charge is 2.30. The summed E-state index contributed by atoms with van der Waals surface area (Å²) in [5.74, 6) is -0.197. The number of nitrogens with one attached hydrogen (secondary N) is 1. The molecule has 0 amide bonds. The molecule has 25 heavy (non-hydrogen) atoms. The van der Waals surface area contributed by atoms with Crippen LogP contribution in [0, 0.1) is 6.92 Å². The van der Waals surface area contributed by atoms with Crippen molar-refractivity contribution in [3.63, 3.8) is 0 Å². The summed E-state index contributed by atoms with van der Waals surface area (Å²) >= 11 is 0. The van der Waals surface area contributed by atoms with E-state index in [1.165, 1.54) is 12.1 Å². The minimum Gasteiger partial charge on any atom is -0.358 e. The summed E-state index contributed by atoms with van der Waals surface area (Å²) in [5, 5.41) is 1.08. The zero-order valence-electron chi connectivity index (χ0n) is 13.9. The Morgan fingerprint density at radius 1 is 1.08 bits per heavy atom. The Kier molecular flexibility index (Phi) is 4.41. The zero-order valence-corrected chi connectivity index (χ0v) is 13.9. The van der Waals surface area contributed by atoms with Gasteiger partial charge in [0.15, 0.2) is 5.78 Å². The maximum Gasteiger partial charge on any atom is 0.416 e. The molecule has 1 N–H and O–H groups in total. The Morgan fingerprint density at radius 3 is 2.36 bits per heavy atom. The molecule has 5 heteroatoms. The quantitative estimate of drug-likeness (QED) is 0.589. The summed E-state index contributed by atoms with van der Waals surface area (Å²) in [6, 6.07) is 12.3. The van der Waals surface area contributed by atoms with Crippen LogP contribution in [-0.4, -0.2) is 10.8 Å². The zero-order chi connectivity index (χ0) is 18.2. The lowest BCUT2D eigenvalue weighted by Gasteiger charge is -2.12. The Labute approximate surface area is 143 Å². The average molecular weight is 345 g/mol.